The minimum atomic E-state index is -0.437. The van der Waals surface area contributed by atoms with Crippen LogP contribution in [0.5, 0.6) is 0 Å². The highest BCUT2D eigenvalue weighted by molar-refractivity contribution is 14.1. The molecule has 0 atom stereocenters. The number of carbonyl (C=O) groups excluding carboxylic acids is 2. The van der Waals surface area contributed by atoms with Crippen LogP contribution < -0.4 is 0 Å². The molecule has 1 aromatic heterocycles. The molecule has 1 heterocycles. The van der Waals surface area contributed by atoms with Gasteiger partial charge in [-0.3, -0.25) is 4.79 Å². The first-order chi connectivity index (χ1) is 8.67. The fourth-order valence-corrected chi connectivity index (χ4v) is 2.37. The topological polar surface area (TPSA) is 56.5 Å². The van der Waals surface area contributed by atoms with Crippen molar-refractivity contribution in [3.8, 4) is 11.3 Å². The highest BCUT2D eigenvalue weighted by Crippen LogP contribution is 2.30. The molecule has 2 aromatic rings. The summed E-state index contributed by atoms with van der Waals surface area (Å²) in [5, 5.41) is 0. The maximum atomic E-state index is 11.7. The highest BCUT2D eigenvalue weighted by Gasteiger charge is 2.18. The summed E-state index contributed by atoms with van der Waals surface area (Å²) in [7, 11) is 1.32. The molecule has 0 fully saturated rings. The number of rotatable bonds is 3. The van der Waals surface area contributed by atoms with E-state index >= 15 is 0 Å². The Kier molecular flexibility index (Phi) is 3.81. The second-order valence-electron chi connectivity index (χ2n) is 3.47. The Morgan fingerprint density at radius 1 is 1.33 bits per heavy atom. The van der Waals surface area contributed by atoms with Gasteiger partial charge in [0.2, 0.25) is 0 Å². The third-order valence-corrected chi connectivity index (χ3v) is 3.31. The number of benzene rings is 1. The summed E-state index contributed by atoms with van der Waals surface area (Å²) in [6.07, 6.45) is 0.622. The molecule has 0 aliphatic rings. The van der Waals surface area contributed by atoms with Crippen molar-refractivity contribution in [3.63, 3.8) is 0 Å². The van der Waals surface area contributed by atoms with Crippen molar-refractivity contribution in [2.75, 3.05) is 7.11 Å². The summed E-state index contributed by atoms with van der Waals surface area (Å²) in [5.74, 6) is 0.260. The van der Waals surface area contributed by atoms with Gasteiger partial charge in [-0.2, -0.15) is 0 Å². The first-order valence-corrected chi connectivity index (χ1v) is 6.17. The van der Waals surface area contributed by atoms with Crippen LogP contribution in [0.15, 0.2) is 34.7 Å². The molecular weight excluding hydrogens is 347 g/mol. The van der Waals surface area contributed by atoms with Crippen molar-refractivity contribution in [2.24, 2.45) is 0 Å². The smallest absolute Gasteiger partial charge is 0.338 e. The van der Waals surface area contributed by atoms with Crippen molar-refractivity contribution in [1.82, 2.24) is 0 Å². The van der Waals surface area contributed by atoms with Gasteiger partial charge in [0.25, 0.3) is 0 Å². The summed E-state index contributed by atoms with van der Waals surface area (Å²) in [4.78, 5) is 22.3. The molecule has 92 valence electrons. The maximum Gasteiger partial charge on any atom is 0.338 e. The summed E-state index contributed by atoms with van der Waals surface area (Å²) in [6.45, 7) is 0. The lowest BCUT2D eigenvalue weighted by Crippen LogP contribution is -2.04. The molecule has 0 saturated carbocycles. The number of furan rings is 1. The van der Waals surface area contributed by atoms with E-state index in [9.17, 15) is 9.59 Å². The molecule has 0 aliphatic heterocycles. The molecule has 0 aliphatic carbocycles. The molecule has 4 nitrogen and oxygen atoms in total. The Morgan fingerprint density at radius 3 is 2.72 bits per heavy atom. The van der Waals surface area contributed by atoms with Gasteiger partial charge in [-0.1, -0.05) is 6.07 Å². The van der Waals surface area contributed by atoms with E-state index in [2.05, 4.69) is 22.6 Å². The zero-order valence-electron chi connectivity index (χ0n) is 9.48. The van der Waals surface area contributed by atoms with Gasteiger partial charge < -0.3 is 9.15 Å². The van der Waals surface area contributed by atoms with Gasteiger partial charge in [-0.05, 0) is 46.9 Å². The number of esters is 1. The van der Waals surface area contributed by atoms with Gasteiger partial charge in [-0.25, -0.2) is 4.79 Å². The number of ether oxygens (including phenoxy) is 1. The average Bonchev–Trinajstić information content (AvgIpc) is 2.86. The molecule has 0 amide bonds. The van der Waals surface area contributed by atoms with Crippen LogP contribution in [0, 0.1) is 3.57 Å². The lowest BCUT2D eigenvalue weighted by Gasteiger charge is -2.07. The second-order valence-corrected chi connectivity index (χ2v) is 4.64. The third-order valence-electron chi connectivity index (χ3n) is 2.41. The highest BCUT2D eigenvalue weighted by atomic mass is 127. The summed E-state index contributed by atoms with van der Waals surface area (Å²) >= 11 is 2.10. The number of hydrogen-bond acceptors (Lipinski definition) is 4. The largest absolute Gasteiger partial charge is 0.465 e. The minimum absolute atomic E-state index is 0.223. The monoisotopic (exact) mass is 356 g/mol. The molecule has 0 unspecified atom stereocenters. The molecule has 5 heteroatoms. The van der Waals surface area contributed by atoms with E-state index in [-0.39, 0.29) is 5.76 Å². The Balaban J connectivity index is 2.61. The normalized spacial score (nSPS) is 10.1. The van der Waals surface area contributed by atoms with Crippen LogP contribution in [-0.2, 0) is 4.74 Å². The average molecular weight is 356 g/mol. The van der Waals surface area contributed by atoms with E-state index in [0.29, 0.717) is 23.2 Å². The maximum absolute atomic E-state index is 11.7. The van der Waals surface area contributed by atoms with Crippen molar-refractivity contribution >= 4 is 34.8 Å². The number of methoxy groups -OCH3 is 1. The van der Waals surface area contributed by atoms with Crippen LogP contribution in [0.3, 0.4) is 0 Å². The summed E-state index contributed by atoms with van der Waals surface area (Å²) < 4.78 is 10.9. The number of halogens is 1. The number of hydrogen-bond donors (Lipinski definition) is 0. The fourth-order valence-electron chi connectivity index (χ4n) is 1.61. The van der Waals surface area contributed by atoms with Crippen LogP contribution >= 0.6 is 22.6 Å². The predicted octanol–water partition coefficient (Wildman–Crippen LogP) is 3.15. The lowest BCUT2D eigenvalue weighted by atomic mass is 10.1. The molecule has 0 radical (unpaired) electrons. The quantitative estimate of drug-likeness (QED) is 0.482. The van der Waals surface area contributed by atoms with Gasteiger partial charge in [0, 0.05) is 9.13 Å². The summed E-state index contributed by atoms with van der Waals surface area (Å²) in [5.41, 5.74) is 1.05. The van der Waals surface area contributed by atoms with Gasteiger partial charge in [0.1, 0.15) is 5.76 Å². The van der Waals surface area contributed by atoms with Gasteiger partial charge in [0.15, 0.2) is 12.0 Å². The van der Waals surface area contributed by atoms with E-state index in [1.807, 2.05) is 6.07 Å². The Morgan fingerprint density at radius 2 is 2.11 bits per heavy atom. The van der Waals surface area contributed by atoms with Crippen LogP contribution in [0.25, 0.3) is 11.3 Å². The van der Waals surface area contributed by atoms with E-state index in [1.165, 1.54) is 7.11 Å². The van der Waals surface area contributed by atoms with Gasteiger partial charge in [0.05, 0.1) is 12.7 Å². The van der Waals surface area contributed by atoms with Crippen molar-refractivity contribution < 1.29 is 18.7 Å². The van der Waals surface area contributed by atoms with Crippen molar-refractivity contribution in [2.45, 2.75) is 0 Å². The zero-order valence-corrected chi connectivity index (χ0v) is 11.6. The fraction of sp³-hybridized carbons (Fsp3) is 0.0769. The van der Waals surface area contributed by atoms with Crippen LogP contribution in [0.4, 0.5) is 0 Å². The molecular formula is C13H9IO4. The number of aldehydes is 1. The zero-order chi connectivity index (χ0) is 13.1. The van der Waals surface area contributed by atoms with Crippen molar-refractivity contribution in [1.29, 1.82) is 0 Å². The Hall–Kier alpha value is -1.63. The molecule has 0 saturated heterocycles. The van der Waals surface area contributed by atoms with Gasteiger partial charge in [-0.15, -0.1) is 0 Å². The Bertz CT molecular complexity index is 601. The standard InChI is InChI=1S/C13H9IO4/c1-17-13(16)9-3-2-4-10(14)12(9)11-6-5-8(7-15)18-11/h2-7H,1H3. The SMILES string of the molecule is COC(=O)c1cccc(I)c1-c1ccc(C=O)o1. The van der Waals surface area contributed by atoms with Crippen molar-refractivity contribution in [3.05, 3.63) is 45.2 Å². The van der Waals surface area contributed by atoms with E-state index < -0.39 is 5.97 Å². The number of carbonyl (C=O) groups is 2. The molecule has 1 aromatic carbocycles. The van der Waals surface area contributed by atoms with E-state index in [0.717, 1.165) is 3.57 Å². The summed E-state index contributed by atoms with van der Waals surface area (Å²) in [6, 6.07) is 8.50. The molecule has 0 N–H and O–H groups in total. The molecule has 0 bridgehead atoms. The lowest BCUT2D eigenvalue weighted by molar-refractivity contribution is 0.0601. The first kappa shape index (κ1) is 12.8. The van der Waals surface area contributed by atoms with E-state index in [4.69, 9.17) is 9.15 Å². The molecule has 2 rings (SSSR count). The molecule has 18 heavy (non-hydrogen) atoms. The minimum Gasteiger partial charge on any atom is -0.465 e. The van der Waals surface area contributed by atoms with Gasteiger partial charge >= 0.3 is 5.97 Å². The first-order valence-electron chi connectivity index (χ1n) is 5.09. The predicted molar refractivity (Wildman–Crippen MR) is 73.6 cm³/mol. The third kappa shape index (κ3) is 2.31. The van der Waals surface area contributed by atoms with Crippen LogP contribution in [-0.4, -0.2) is 19.4 Å². The second kappa shape index (κ2) is 5.34. The van der Waals surface area contributed by atoms with Crippen LogP contribution in [0.1, 0.15) is 20.9 Å². The van der Waals surface area contributed by atoms with E-state index in [1.54, 1.807) is 24.3 Å². The molecule has 0 spiro atoms. The van der Waals surface area contributed by atoms with Crippen LogP contribution in [0.2, 0.25) is 0 Å². The Labute approximate surface area is 117 Å².